The zero-order valence-corrected chi connectivity index (χ0v) is 22.9. The minimum atomic E-state index is -4.99. The van der Waals surface area contributed by atoms with Gasteiger partial charge in [-0.2, -0.15) is 26.3 Å². The molecule has 0 spiro atoms. The largest absolute Gasteiger partial charge is 0.444 e. The molecule has 1 amide bonds. The minimum Gasteiger partial charge on any atom is -0.444 e. The summed E-state index contributed by atoms with van der Waals surface area (Å²) in [5.74, 6) is 0.0886. The van der Waals surface area contributed by atoms with Gasteiger partial charge in [0, 0.05) is 31.5 Å². The summed E-state index contributed by atoms with van der Waals surface area (Å²) in [5, 5.41) is 0. The molecule has 41 heavy (non-hydrogen) atoms. The topological polar surface area (TPSA) is 76.4 Å². The Morgan fingerprint density at radius 2 is 1.63 bits per heavy atom. The molecule has 1 aliphatic heterocycles. The van der Waals surface area contributed by atoms with E-state index in [-0.39, 0.29) is 36.7 Å². The van der Waals surface area contributed by atoms with Gasteiger partial charge in [-0.25, -0.2) is 19.7 Å². The smallest absolute Gasteiger partial charge is 0.416 e. The molecule has 0 saturated carbocycles. The molecule has 1 saturated heterocycles. The van der Waals surface area contributed by atoms with Crippen molar-refractivity contribution in [3.05, 3.63) is 66.0 Å². The van der Waals surface area contributed by atoms with E-state index >= 15 is 0 Å². The van der Waals surface area contributed by atoms with Gasteiger partial charge in [-0.1, -0.05) is 6.92 Å². The van der Waals surface area contributed by atoms with Crippen LogP contribution in [0.15, 0.2) is 49.3 Å². The van der Waals surface area contributed by atoms with Crippen molar-refractivity contribution in [1.82, 2.24) is 24.4 Å². The molecule has 0 aliphatic carbocycles. The van der Waals surface area contributed by atoms with Gasteiger partial charge < -0.3 is 19.1 Å². The van der Waals surface area contributed by atoms with Crippen LogP contribution in [0.5, 0.6) is 0 Å². The van der Waals surface area contributed by atoms with E-state index in [0.717, 1.165) is 0 Å². The molecular weight excluding hydrogens is 554 g/mol. The third-order valence-electron chi connectivity index (χ3n) is 6.62. The Morgan fingerprint density at radius 3 is 2.12 bits per heavy atom. The van der Waals surface area contributed by atoms with Crippen LogP contribution in [0.25, 0.3) is 5.69 Å². The maximum atomic E-state index is 13.6. The first-order chi connectivity index (χ1) is 19.0. The quantitative estimate of drug-likeness (QED) is 0.308. The molecular formula is C27H30F6N6O2. The molecule has 1 aliphatic rings. The predicted octanol–water partition coefficient (Wildman–Crippen LogP) is 6.49. The highest BCUT2D eigenvalue weighted by molar-refractivity contribution is 5.69. The fourth-order valence-corrected chi connectivity index (χ4v) is 4.73. The number of likely N-dealkylation sites (tertiary alicyclic amines) is 1. The van der Waals surface area contributed by atoms with E-state index in [1.165, 1.54) is 23.6 Å². The molecule has 0 bridgehead atoms. The SMILES string of the molecule is CCC1CC(N(Cc2cc(C(F)(F)F)cc(C(F)(F)F)c2)c2ncc(-n3ccnc3)cn2)CN1C(=O)OC(C)(C)C. The summed E-state index contributed by atoms with van der Waals surface area (Å²) in [6.45, 7) is 6.83. The van der Waals surface area contributed by atoms with Crippen LogP contribution in [0.4, 0.5) is 37.1 Å². The molecule has 2 aromatic heterocycles. The van der Waals surface area contributed by atoms with Crippen molar-refractivity contribution < 1.29 is 35.9 Å². The lowest BCUT2D eigenvalue weighted by molar-refractivity contribution is -0.143. The Labute approximate surface area is 233 Å². The Hall–Kier alpha value is -3.84. The van der Waals surface area contributed by atoms with Crippen LogP contribution in [0.2, 0.25) is 0 Å². The second-order valence-electron chi connectivity index (χ2n) is 10.8. The molecule has 2 unspecified atom stereocenters. The summed E-state index contributed by atoms with van der Waals surface area (Å²) in [7, 11) is 0. The van der Waals surface area contributed by atoms with Crippen molar-refractivity contribution in [2.45, 2.75) is 77.1 Å². The Kier molecular flexibility index (Phi) is 8.23. The van der Waals surface area contributed by atoms with Gasteiger partial charge in [0.05, 0.1) is 41.6 Å². The maximum Gasteiger partial charge on any atom is 0.416 e. The Morgan fingerprint density at radius 1 is 1.02 bits per heavy atom. The molecule has 1 aromatic carbocycles. The van der Waals surface area contributed by atoms with Crippen molar-refractivity contribution >= 4 is 12.0 Å². The van der Waals surface area contributed by atoms with Gasteiger partial charge in [-0.15, -0.1) is 0 Å². The number of amides is 1. The number of anilines is 1. The standard InChI is InChI=1S/C27H30F6N6O2/c1-5-20-11-21(15-39(20)24(40)41-25(2,3)4)38(23-35-12-22(13-36-23)37-7-6-34-16-37)14-17-8-18(26(28,29)30)10-19(9-17)27(31,32)33/h6-10,12-13,16,20-21H,5,11,14-15H2,1-4H3. The van der Waals surface area contributed by atoms with Crippen LogP contribution in [0, 0.1) is 0 Å². The normalized spacial score (nSPS) is 18.0. The number of benzene rings is 1. The number of carbonyl (C=O) groups excluding carboxylic acids is 1. The van der Waals surface area contributed by atoms with Gasteiger partial charge in [0.15, 0.2) is 0 Å². The summed E-state index contributed by atoms with van der Waals surface area (Å²) >= 11 is 0. The lowest BCUT2D eigenvalue weighted by Gasteiger charge is -2.30. The average molecular weight is 585 g/mol. The molecule has 0 radical (unpaired) electrons. The summed E-state index contributed by atoms with van der Waals surface area (Å²) in [6.07, 6.45) is -1.89. The molecule has 3 aromatic rings. The van der Waals surface area contributed by atoms with Crippen molar-refractivity contribution in [3.63, 3.8) is 0 Å². The van der Waals surface area contributed by atoms with Crippen LogP contribution in [0.1, 0.15) is 57.2 Å². The summed E-state index contributed by atoms with van der Waals surface area (Å²) in [4.78, 5) is 28.8. The first kappa shape index (κ1) is 30.1. The number of imidazole rings is 1. The van der Waals surface area contributed by atoms with E-state index in [1.54, 1.807) is 42.6 Å². The van der Waals surface area contributed by atoms with E-state index in [2.05, 4.69) is 15.0 Å². The highest BCUT2D eigenvalue weighted by atomic mass is 19.4. The predicted molar refractivity (Wildman–Crippen MR) is 137 cm³/mol. The molecule has 2 atom stereocenters. The number of halogens is 6. The van der Waals surface area contributed by atoms with Gasteiger partial charge in [-0.05, 0) is 57.4 Å². The van der Waals surface area contributed by atoms with E-state index in [9.17, 15) is 31.1 Å². The maximum absolute atomic E-state index is 13.6. The first-order valence-electron chi connectivity index (χ1n) is 12.9. The Balaban J connectivity index is 1.73. The van der Waals surface area contributed by atoms with E-state index in [0.29, 0.717) is 30.7 Å². The zero-order valence-electron chi connectivity index (χ0n) is 22.9. The van der Waals surface area contributed by atoms with Crippen LogP contribution >= 0.6 is 0 Å². The summed E-state index contributed by atoms with van der Waals surface area (Å²) in [6, 6.07) is 0.696. The molecule has 3 heterocycles. The zero-order chi connectivity index (χ0) is 30.2. The number of hydrogen-bond acceptors (Lipinski definition) is 6. The lowest BCUT2D eigenvalue weighted by Crippen LogP contribution is -2.42. The second-order valence-corrected chi connectivity index (χ2v) is 10.8. The first-order valence-corrected chi connectivity index (χ1v) is 12.9. The number of alkyl halides is 6. The monoisotopic (exact) mass is 584 g/mol. The molecule has 8 nitrogen and oxygen atoms in total. The molecule has 14 heteroatoms. The lowest BCUT2D eigenvalue weighted by atomic mass is 10.0. The fraction of sp³-hybridized carbons (Fsp3) is 0.481. The average Bonchev–Trinajstić information content (AvgIpc) is 3.56. The third-order valence-corrected chi connectivity index (χ3v) is 6.62. The van der Waals surface area contributed by atoms with E-state index in [1.807, 2.05) is 6.92 Å². The van der Waals surface area contributed by atoms with Crippen LogP contribution in [-0.4, -0.2) is 54.7 Å². The van der Waals surface area contributed by atoms with Crippen molar-refractivity contribution in [3.8, 4) is 5.69 Å². The van der Waals surface area contributed by atoms with Crippen LogP contribution in [-0.2, 0) is 23.6 Å². The number of nitrogens with zero attached hydrogens (tertiary/aromatic N) is 6. The van der Waals surface area contributed by atoms with Crippen LogP contribution in [0.3, 0.4) is 0 Å². The minimum absolute atomic E-state index is 0.0886. The van der Waals surface area contributed by atoms with Gasteiger partial charge >= 0.3 is 18.4 Å². The van der Waals surface area contributed by atoms with E-state index in [4.69, 9.17) is 4.74 Å². The molecule has 1 fully saturated rings. The van der Waals surface area contributed by atoms with Crippen LogP contribution < -0.4 is 4.90 Å². The summed E-state index contributed by atoms with van der Waals surface area (Å²) in [5.41, 5.74) is -3.25. The number of aromatic nitrogens is 4. The van der Waals surface area contributed by atoms with E-state index < -0.39 is 41.2 Å². The third kappa shape index (κ3) is 7.27. The number of hydrogen-bond donors (Lipinski definition) is 0. The number of ether oxygens (including phenoxy) is 1. The van der Waals surface area contributed by atoms with Crippen molar-refractivity contribution in [2.75, 3.05) is 11.4 Å². The second kappa shape index (κ2) is 11.2. The van der Waals surface area contributed by atoms with Crippen molar-refractivity contribution in [2.24, 2.45) is 0 Å². The highest BCUT2D eigenvalue weighted by Gasteiger charge is 2.41. The van der Waals surface area contributed by atoms with Crippen molar-refractivity contribution in [1.29, 1.82) is 0 Å². The summed E-state index contributed by atoms with van der Waals surface area (Å²) < 4.78 is 88.7. The number of carbonyl (C=O) groups is 1. The molecule has 4 rings (SSSR count). The van der Waals surface area contributed by atoms with Gasteiger partial charge in [-0.3, -0.25) is 0 Å². The number of rotatable bonds is 6. The fourth-order valence-electron chi connectivity index (χ4n) is 4.73. The van der Waals surface area contributed by atoms with Gasteiger partial charge in [0.25, 0.3) is 0 Å². The Bertz CT molecular complexity index is 1300. The molecule has 0 N–H and O–H groups in total. The van der Waals surface area contributed by atoms with Gasteiger partial charge in [0.1, 0.15) is 5.60 Å². The highest BCUT2D eigenvalue weighted by Crippen LogP contribution is 2.37. The van der Waals surface area contributed by atoms with Gasteiger partial charge in [0.2, 0.25) is 5.95 Å². The molecule has 222 valence electrons.